The van der Waals surface area contributed by atoms with E-state index in [9.17, 15) is 8.78 Å². The van der Waals surface area contributed by atoms with Crippen LogP contribution in [0.3, 0.4) is 0 Å². The quantitative estimate of drug-likeness (QED) is 0.604. The largest absolute Gasteiger partial charge is 0.348 e. The number of aromatic nitrogens is 6. The molecule has 0 fully saturated rings. The molecular formula is C14H11F2N7. The normalized spacial score (nSPS) is 11.6. The number of hydrogen-bond acceptors (Lipinski definition) is 5. The Kier molecular flexibility index (Phi) is 3.11. The molecule has 0 saturated heterocycles. The number of halogens is 2. The lowest BCUT2D eigenvalue weighted by molar-refractivity contribution is 0.163. The van der Waals surface area contributed by atoms with Gasteiger partial charge in [-0.2, -0.15) is 10.1 Å². The molecule has 0 radical (unpaired) electrons. The Balaban J connectivity index is 1.72. The molecule has 9 heteroatoms. The lowest BCUT2D eigenvalue weighted by Crippen LogP contribution is -2.12. The van der Waals surface area contributed by atoms with E-state index in [0.717, 1.165) is 22.2 Å². The summed E-state index contributed by atoms with van der Waals surface area (Å²) in [5.41, 5.74) is 3.15. The highest BCUT2D eigenvalue weighted by atomic mass is 19.3. The van der Waals surface area contributed by atoms with Crippen LogP contribution in [0, 0.1) is 0 Å². The van der Waals surface area contributed by atoms with Crippen LogP contribution in [0.25, 0.3) is 27.8 Å². The molecule has 4 aromatic rings. The van der Waals surface area contributed by atoms with Crippen LogP contribution < -0.4 is 5.32 Å². The summed E-state index contributed by atoms with van der Waals surface area (Å²) in [7, 11) is 0. The Morgan fingerprint density at radius 1 is 1.26 bits per heavy atom. The van der Waals surface area contributed by atoms with E-state index in [4.69, 9.17) is 0 Å². The van der Waals surface area contributed by atoms with Crippen LogP contribution in [0.2, 0.25) is 0 Å². The van der Waals surface area contributed by atoms with E-state index in [1.807, 2.05) is 18.3 Å². The van der Waals surface area contributed by atoms with Gasteiger partial charge >= 0.3 is 0 Å². The number of nitrogens with zero attached hydrogens (tertiary/aromatic N) is 5. The van der Waals surface area contributed by atoms with Crippen molar-refractivity contribution in [1.82, 2.24) is 29.5 Å². The van der Waals surface area contributed by atoms with Gasteiger partial charge in [0, 0.05) is 35.1 Å². The highest BCUT2D eigenvalue weighted by Gasteiger charge is 2.11. The van der Waals surface area contributed by atoms with E-state index in [1.165, 1.54) is 6.33 Å². The van der Waals surface area contributed by atoms with Crippen molar-refractivity contribution in [2.75, 3.05) is 11.9 Å². The molecule has 0 aliphatic rings. The number of aromatic amines is 1. The van der Waals surface area contributed by atoms with E-state index >= 15 is 0 Å². The average molecular weight is 315 g/mol. The molecule has 2 N–H and O–H groups in total. The zero-order valence-corrected chi connectivity index (χ0v) is 11.7. The predicted octanol–water partition coefficient (Wildman–Crippen LogP) is 2.34. The maximum atomic E-state index is 12.2. The molecule has 0 amide bonds. The smallest absolute Gasteiger partial charge is 0.255 e. The third-order valence-corrected chi connectivity index (χ3v) is 3.43. The first-order chi connectivity index (χ1) is 11.2. The molecule has 0 unspecified atom stereocenters. The zero-order valence-electron chi connectivity index (χ0n) is 11.7. The summed E-state index contributed by atoms with van der Waals surface area (Å²) in [6.07, 6.45) is 4.29. The van der Waals surface area contributed by atoms with E-state index in [-0.39, 0.29) is 5.95 Å². The van der Waals surface area contributed by atoms with Crippen LogP contribution in [0.5, 0.6) is 0 Å². The summed E-state index contributed by atoms with van der Waals surface area (Å²) in [5, 5.41) is 7.40. The van der Waals surface area contributed by atoms with Gasteiger partial charge in [-0.25, -0.2) is 23.3 Å². The predicted molar refractivity (Wildman–Crippen MR) is 80.4 cm³/mol. The Morgan fingerprint density at radius 2 is 2.17 bits per heavy atom. The fourth-order valence-electron chi connectivity index (χ4n) is 2.38. The minimum Gasteiger partial charge on any atom is -0.348 e. The number of H-pyrrole nitrogens is 1. The molecule has 116 valence electrons. The van der Waals surface area contributed by atoms with Gasteiger partial charge in [0.15, 0.2) is 5.65 Å². The molecule has 4 heterocycles. The molecule has 0 aliphatic heterocycles. The highest BCUT2D eigenvalue weighted by molar-refractivity contribution is 5.93. The number of nitrogens with one attached hydrogen (secondary N) is 2. The van der Waals surface area contributed by atoms with Crippen molar-refractivity contribution in [1.29, 1.82) is 0 Å². The molecule has 0 aliphatic carbocycles. The number of pyridine rings is 1. The van der Waals surface area contributed by atoms with Crippen molar-refractivity contribution in [2.24, 2.45) is 0 Å². The van der Waals surface area contributed by atoms with E-state index in [1.54, 1.807) is 16.9 Å². The zero-order chi connectivity index (χ0) is 15.8. The van der Waals surface area contributed by atoms with Crippen LogP contribution in [0.1, 0.15) is 0 Å². The fraction of sp³-hybridized carbons (Fsp3) is 0.143. The van der Waals surface area contributed by atoms with Crippen LogP contribution in [0.15, 0.2) is 37.1 Å². The van der Waals surface area contributed by atoms with Gasteiger partial charge in [0.1, 0.15) is 12.0 Å². The minimum absolute atomic E-state index is 0.165. The standard InChI is InChI=1S/C14H11F2N7/c15-11(16)5-19-14-18-4-10-9(3-17-13(10)22-14)8-1-2-12-20-7-21-23(12)6-8/h1-4,6-7,11H,5H2,(H2,17,18,19,22). The number of rotatable bonds is 4. The summed E-state index contributed by atoms with van der Waals surface area (Å²) in [4.78, 5) is 15.4. The molecule has 0 spiro atoms. The lowest BCUT2D eigenvalue weighted by Gasteiger charge is -2.04. The van der Waals surface area contributed by atoms with Crippen molar-refractivity contribution >= 4 is 22.6 Å². The van der Waals surface area contributed by atoms with Crippen LogP contribution in [0.4, 0.5) is 14.7 Å². The first kappa shape index (κ1) is 13.6. The maximum Gasteiger partial charge on any atom is 0.255 e. The van der Waals surface area contributed by atoms with Crippen molar-refractivity contribution in [3.8, 4) is 11.1 Å². The second-order valence-corrected chi connectivity index (χ2v) is 4.91. The molecular weight excluding hydrogens is 304 g/mol. The van der Waals surface area contributed by atoms with E-state index in [0.29, 0.717) is 5.65 Å². The first-order valence-electron chi connectivity index (χ1n) is 6.86. The molecule has 23 heavy (non-hydrogen) atoms. The van der Waals surface area contributed by atoms with Gasteiger partial charge in [0.25, 0.3) is 6.43 Å². The Bertz CT molecular complexity index is 976. The van der Waals surface area contributed by atoms with Gasteiger partial charge in [-0.1, -0.05) is 0 Å². The molecule has 4 aromatic heterocycles. The highest BCUT2D eigenvalue weighted by Crippen LogP contribution is 2.27. The van der Waals surface area contributed by atoms with Gasteiger partial charge in [0.05, 0.1) is 6.54 Å². The summed E-state index contributed by atoms with van der Waals surface area (Å²) in [6.45, 7) is -0.484. The Morgan fingerprint density at radius 3 is 3.04 bits per heavy atom. The molecule has 0 bridgehead atoms. The molecule has 0 saturated carbocycles. The minimum atomic E-state index is -2.46. The van der Waals surface area contributed by atoms with Crippen LogP contribution in [-0.2, 0) is 0 Å². The van der Waals surface area contributed by atoms with Crippen LogP contribution in [-0.4, -0.2) is 42.5 Å². The number of fused-ring (bicyclic) bond motifs is 2. The van der Waals surface area contributed by atoms with E-state index in [2.05, 4.69) is 30.4 Å². The van der Waals surface area contributed by atoms with Gasteiger partial charge in [-0.05, 0) is 12.1 Å². The summed E-state index contributed by atoms with van der Waals surface area (Å²) >= 11 is 0. The lowest BCUT2D eigenvalue weighted by atomic mass is 10.1. The fourth-order valence-corrected chi connectivity index (χ4v) is 2.38. The van der Waals surface area contributed by atoms with Gasteiger partial charge in [-0.15, -0.1) is 0 Å². The second-order valence-electron chi connectivity index (χ2n) is 4.91. The SMILES string of the molecule is FC(F)CNc1ncc2c(-c3ccc4ncnn4c3)c[nH]c2n1. The second kappa shape index (κ2) is 5.27. The molecule has 7 nitrogen and oxygen atoms in total. The van der Waals surface area contributed by atoms with Crippen molar-refractivity contribution in [3.05, 3.63) is 37.1 Å². The monoisotopic (exact) mass is 315 g/mol. The number of alkyl halides is 2. The molecule has 4 rings (SSSR count). The maximum absolute atomic E-state index is 12.2. The average Bonchev–Trinajstić information content (AvgIpc) is 3.18. The van der Waals surface area contributed by atoms with Crippen molar-refractivity contribution < 1.29 is 8.78 Å². The van der Waals surface area contributed by atoms with E-state index < -0.39 is 13.0 Å². The summed E-state index contributed by atoms with van der Waals surface area (Å²) in [6, 6.07) is 3.79. The van der Waals surface area contributed by atoms with Crippen molar-refractivity contribution in [2.45, 2.75) is 6.43 Å². The third-order valence-electron chi connectivity index (χ3n) is 3.43. The van der Waals surface area contributed by atoms with Crippen molar-refractivity contribution in [3.63, 3.8) is 0 Å². The van der Waals surface area contributed by atoms with Gasteiger partial charge < -0.3 is 10.3 Å². The first-order valence-corrected chi connectivity index (χ1v) is 6.86. The topological polar surface area (TPSA) is 83.8 Å². The Labute approximate surface area is 128 Å². The molecule has 0 aromatic carbocycles. The summed E-state index contributed by atoms with van der Waals surface area (Å²) < 4.78 is 26.1. The molecule has 0 atom stereocenters. The number of anilines is 1. The van der Waals surface area contributed by atoms with Gasteiger partial charge in [0.2, 0.25) is 5.95 Å². The van der Waals surface area contributed by atoms with Gasteiger partial charge in [-0.3, -0.25) is 0 Å². The third kappa shape index (κ3) is 2.45. The Hall–Kier alpha value is -3.10. The van der Waals surface area contributed by atoms with Crippen LogP contribution >= 0.6 is 0 Å². The summed E-state index contributed by atoms with van der Waals surface area (Å²) in [5.74, 6) is 0.165. The number of hydrogen-bond donors (Lipinski definition) is 2.